The number of nitrogens with zero attached hydrogens (tertiary/aromatic N) is 1. The van der Waals surface area contributed by atoms with E-state index in [1.807, 2.05) is 117 Å². The van der Waals surface area contributed by atoms with Crippen LogP contribution < -0.4 is 5.32 Å². The molecule has 9 nitrogen and oxygen atoms in total. The van der Waals surface area contributed by atoms with E-state index < -0.39 is 24.5 Å². The molecule has 9 heteroatoms. The Bertz CT molecular complexity index is 1700. The van der Waals surface area contributed by atoms with Gasteiger partial charge in [0.05, 0.1) is 24.9 Å². The van der Waals surface area contributed by atoms with Gasteiger partial charge < -0.3 is 29.7 Å². The Labute approximate surface area is 294 Å². The lowest BCUT2D eigenvalue weighted by Gasteiger charge is -2.43. The standard InChI is InChI=1S/C41H48N2O7/c1-26-37(24-43(5)27(2)38(46)32-11-7-6-8-12-32)49-41(50-39(26)33-17-15-30(25-44)16-18-33)34-21-19-31(20-22-34)36-14-10-9-13-35(36)23-42-40(47)28(3)48-29(4)45/h6-22,26-28,37-39,41,44,46H,23-25H2,1-5H3,(H,42,47)/t26-,27-,28-,37+,38-,39+,41+/m0/s1. The van der Waals surface area contributed by atoms with Crippen molar-refractivity contribution in [3.8, 4) is 11.1 Å². The fraction of sp³-hybridized carbons (Fsp3) is 0.366. The van der Waals surface area contributed by atoms with Crippen molar-refractivity contribution in [3.05, 3.63) is 131 Å². The molecule has 1 saturated heterocycles. The summed E-state index contributed by atoms with van der Waals surface area (Å²) in [5, 5.41) is 23.6. The van der Waals surface area contributed by atoms with E-state index in [0.29, 0.717) is 6.54 Å². The van der Waals surface area contributed by atoms with Gasteiger partial charge in [-0.3, -0.25) is 14.5 Å². The quantitative estimate of drug-likeness (QED) is 0.142. The monoisotopic (exact) mass is 680 g/mol. The summed E-state index contributed by atoms with van der Waals surface area (Å²) in [6.45, 7) is 7.79. The third kappa shape index (κ3) is 9.04. The molecule has 3 N–H and O–H groups in total. The molecule has 0 unspecified atom stereocenters. The third-order valence-electron chi connectivity index (χ3n) is 9.56. The number of rotatable bonds is 13. The lowest BCUT2D eigenvalue weighted by Crippen LogP contribution is -2.46. The molecule has 4 aromatic rings. The van der Waals surface area contributed by atoms with Crippen LogP contribution in [0.3, 0.4) is 0 Å². The van der Waals surface area contributed by atoms with Gasteiger partial charge in [0, 0.05) is 37.5 Å². The lowest BCUT2D eigenvalue weighted by molar-refractivity contribution is -0.276. The first kappa shape index (κ1) is 36.9. The van der Waals surface area contributed by atoms with Crippen LogP contribution in [-0.4, -0.2) is 58.8 Å². The largest absolute Gasteiger partial charge is 0.453 e. The van der Waals surface area contributed by atoms with Gasteiger partial charge in [-0.15, -0.1) is 0 Å². The summed E-state index contributed by atoms with van der Waals surface area (Å²) in [5.41, 5.74) is 6.42. The van der Waals surface area contributed by atoms with E-state index in [4.69, 9.17) is 14.2 Å². The third-order valence-corrected chi connectivity index (χ3v) is 9.56. The van der Waals surface area contributed by atoms with Gasteiger partial charge in [0.25, 0.3) is 5.91 Å². The van der Waals surface area contributed by atoms with Gasteiger partial charge in [0.15, 0.2) is 12.4 Å². The number of aliphatic hydroxyl groups excluding tert-OH is 2. The Morgan fingerprint density at radius 2 is 1.52 bits per heavy atom. The number of benzene rings is 4. The lowest BCUT2D eigenvalue weighted by atomic mass is 9.89. The van der Waals surface area contributed by atoms with Gasteiger partial charge in [-0.25, -0.2) is 0 Å². The number of hydrogen-bond acceptors (Lipinski definition) is 8. The summed E-state index contributed by atoms with van der Waals surface area (Å²) in [5.74, 6) is -0.884. The van der Waals surface area contributed by atoms with Gasteiger partial charge in [-0.05, 0) is 54.3 Å². The average Bonchev–Trinajstić information content (AvgIpc) is 3.14. The van der Waals surface area contributed by atoms with E-state index in [1.54, 1.807) is 6.92 Å². The average molecular weight is 681 g/mol. The smallest absolute Gasteiger partial charge is 0.303 e. The molecule has 1 aliphatic heterocycles. The first-order valence-corrected chi connectivity index (χ1v) is 17.1. The van der Waals surface area contributed by atoms with E-state index in [0.717, 1.165) is 38.9 Å². The second kappa shape index (κ2) is 17.0. The molecule has 0 aromatic heterocycles. The molecule has 0 bridgehead atoms. The number of aliphatic hydroxyl groups is 2. The molecule has 264 valence electrons. The molecule has 50 heavy (non-hydrogen) atoms. The molecule has 0 saturated carbocycles. The van der Waals surface area contributed by atoms with Crippen LogP contribution in [-0.2, 0) is 37.0 Å². The van der Waals surface area contributed by atoms with E-state index in [-0.39, 0.29) is 43.2 Å². The van der Waals surface area contributed by atoms with Crippen LogP contribution in [0.5, 0.6) is 0 Å². The topological polar surface area (TPSA) is 118 Å². The Kier molecular flexibility index (Phi) is 12.6. The van der Waals surface area contributed by atoms with Crippen LogP contribution in [0, 0.1) is 5.92 Å². The maximum Gasteiger partial charge on any atom is 0.303 e. The predicted octanol–water partition coefficient (Wildman–Crippen LogP) is 6.26. The highest BCUT2D eigenvalue weighted by Crippen LogP contribution is 2.42. The first-order valence-electron chi connectivity index (χ1n) is 17.1. The first-order chi connectivity index (χ1) is 24.0. The van der Waals surface area contributed by atoms with Crippen molar-refractivity contribution >= 4 is 11.9 Å². The molecule has 0 radical (unpaired) electrons. The number of ether oxygens (including phenoxy) is 3. The molecule has 1 amide bonds. The van der Waals surface area contributed by atoms with Crippen molar-refractivity contribution in [1.82, 2.24) is 10.2 Å². The SMILES string of the molecule is CC(=O)O[C@@H](C)C(=O)NCc1ccccc1-c1ccc([C@@H]2O[C@H](CN(C)[C@@H](C)[C@H](O)c3ccccc3)[C@H](C)[C@H](c3ccc(CO)cc3)O2)cc1. The van der Waals surface area contributed by atoms with E-state index in [1.165, 1.54) is 6.92 Å². The van der Waals surface area contributed by atoms with Gasteiger partial charge in [0.2, 0.25) is 0 Å². The van der Waals surface area contributed by atoms with E-state index >= 15 is 0 Å². The van der Waals surface area contributed by atoms with Gasteiger partial charge in [-0.1, -0.05) is 110 Å². The molecule has 4 aromatic carbocycles. The minimum atomic E-state index is -0.880. The van der Waals surface area contributed by atoms with Crippen molar-refractivity contribution in [2.45, 2.75) is 77.6 Å². The molecule has 0 aliphatic carbocycles. The number of amides is 1. The van der Waals surface area contributed by atoms with Crippen LogP contribution in [0.25, 0.3) is 11.1 Å². The Balaban J connectivity index is 1.35. The van der Waals surface area contributed by atoms with Crippen LogP contribution in [0.2, 0.25) is 0 Å². The number of esters is 1. The second-order valence-corrected chi connectivity index (χ2v) is 13.1. The maximum absolute atomic E-state index is 12.5. The second-order valence-electron chi connectivity index (χ2n) is 13.1. The number of likely N-dealkylation sites (N-methyl/N-ethyl adjacent to an activating group) is 1. The van der Waals surface area contributed by atoms with Crippen LogP contribution in [0.4, 0.5) is 0 Å². The molecule has 1 heterocycles. The van der Waals surface area contributed by atoms with Crippen LogP contribution in [0.1, 0.15) is 74.0 Å². The van der Waals surface area contributed by atoms with Gasteiger partial charge >= 0.3 is 5.97 Å². The number of hydrogen-bond donors (Lipinski definition) is 3. The normalized spacial score (nSPS) is 20.9. The fourth-order valence-corrected chi connectivity index (χ4v) is 6.35. The fourth-order valence-electron chi connectivity index (χ4n) is 6.35. The maximum atomic E-state index is 12.5. The minimum absolute atomic E-state index is 0.0142. The zero-order chi connectivity index (χ0) is 35.8. The molecule has 0 spiro atoms. The molecule has 5 rings (SSSR count). The molecular weight excluding hydrogens is 632 g/mol. The number of carbonyl (C=O) groups is 2. The summed E-state index contributed by atoms with van der Waals surface area (Å²) in [6.07, 6.45) is -2.67. The Hall–Kier alpha value is -4.38. The molecule has 1 fully saturated rings. The summed E-state index contributed by atoms with van der Waals surface area (Å²) < 4.78 is 18.4. The molecule has 1 aliphatic rings. The Morgan fingerprint density at radius 3 is 2.18 bits per heavy atom. The van der Waals surface area contributed by atoms with E-state index in [2.05, 4.69) is 17.1 Å². The zero-order valence-electron chi connectivity index (χ0n) is 29.4. The number of nitrogens with one attached hydrogen (secondary N) is 1. The van der Waals surface area contributed by atoms with E-state index in [9.17, 15) is 19.8 Å². The summed E-state index contributed by atoms with van der Waals surface area (Å²) in [4.78, 5) is 25.9. The highest BCUT2D eigenvalue weighted by molar-refractivity contribution is 5.83. The van der Waals surface area contributed by atoms with Gasteiger partial charge in [0.1, 0.15) is 0 Å². The highest BCUT2D eigenvalue weighted by atomic mass is 16.7. The predicted molar refractivity (Wildman–Crippen MR) is 191 cm³/mol. The van der Waals surface area contributed by atoms with Crippen molar-refractivity contribution < 1.29 is 34.0 Å². The summed E-state index contributed by atoms with van der Waals surface area (Å²) >= 11 is 0. The summed E-state index contributed by atoms with van der Waals surface area (Å²) in [6, 6.07) is 33.2. The van der Waals surface area contributed by atoms with Crippen LogP contribution >= 0.6 is 0 Å². The van der Waals surface area contributed by atoms with Crippen molar-refractivity contribution in [1.29, 1.82) is 0 Å². The van der Waals surface area contributed by atoms with Gasteiger partial charge in [-0.2, -0.15) is 0 Å². The van der Waals surface area contributed by atoms with Crippen molar-refractivity contribution in [3.63, 3.8) is 0 Å². The Morgan fingerprint density at radius 1 is 0.880 bits per heavy atom. The van der Waals surface area contributed by atoms with Crippen molar-refractivity contribution in [2.24, 2.45) is 5.92 Å². The number of carbonyl (C=O) groups excluding carboxylic acids is 2. The molecular formula is C41H48N2O7. The minimum Gasteiger partial charge on any atom is -0.453 e. The highest BCUT2D eigenvalue weighted by Gasteiger charge is 2.39. The summed E-state index contributed by atoms with van der Waals surface area (Å²) in [7, 11) is 2.01. The zero-order valence-corrected chi connectivity index (χ0v) is 29.4. The van der Waals surface area contributed by atoms with Crippen LogP contribution in [0.15, 0.2) is 103 Å². The van der Waals surface area contributed by atoms with Crippen molar-refractivity contribution in [2.75, 3.05) is 13.6 Å². The molecule has 7 atom stereocenters.